The minimum Gasteiger partial charge on any atom is -0.497 e. The molecule has 0 fully saturated rings. The highest BCUT2D eigenvalue weighted by atomic mass is 16.5. The molecule has 29 heavy (non-hydrogen) atoms. The van der Waals surface area contributed by atoms with Crippen LogP contribution in [0.4, 0.5) is 0 Å². The maximum absolute atomic E-state index is 9.62. The lowest BCUT2D eigenvalue weighted by Gasteiger charge is -2.10. The Labute approximate surface area is 169 Å². The quantitative estimate of drug-likeness (QED) is 0.485. The molecular weight excluding hydrogens is 368 g/mol. The first-order valence-electron chi connectivity index (χ1n) is 9.21. The number of aliphatic hydroxyl groups excluding tert-OH is 1. The van der Waals surface area contributed by atoms with Crippen molar-refractivity contribution in [1.82, 2.24) is 0 Å². The first-order chi connectivity index (χ1) is 14.2. The van der Waals surface area contributed by atoms with E-state index in [0.29, 0.717) is 11.5 Å². The second-order valence-corrected chi connectivity index (χ2v) is 6.62. The van der Waals surface area contributed by atoms with Crippen LogP contribution in [-0.2, 0) is 6.61 Å². The Morgan fingerprint density at radius 1 is 0.724 bits per heavy atom. The monoisotopic (exact) mass is 390 g/mol. The summed E-state index contributed by atoms with van der Waals surface area (Å²) in [5, 5.41) is 10.5. The molecule has 0 aliphatic rings. The van der Waals surface area contributed by atoms with Gasteiger partial charge in [0, 0.05) is 22.6 Å². The van der Waals surface area contributed by atoms with E-state index in [1.54, 1.807) is 21.3 Å². The first-order valence-corrected chi connectivity index (χ1v) is 9.21. The van der Waals surface area contributed by atoms with Crippen molar-refractivity contribution >= 4 is 11.0 Å². The SMILES string of the molecule is COc1ccc(-c2oc3ccc(CO)cc3c2-c2cc(OC)cc(OC)c2)cc1. The van der Waals surface area contributed by atoms with E-state index in [1.165, 1.54) is 0 Å². The van der Waals surface area contributed by atoms with E-state index >= 15 is 0 Å². The number of furan rings is 1. The average Bonchev–Trinajstić information content (AvgIpc) is 3.17. The van der Waals surface area contributed by atoms with Gasteiger partial charge in [0.1, 0.15) is 28.6 Å². The summed E-state index contributed by atoms with van der Waals surface area (Å²) in [6.45, 7) is -0.0418. The van der Waals surface area contributed by atoms with Crippen LogP contribution in [0.2, 0.25) is 0 Å². The predicted octanol–water partition coefficient (Wildman–Crippen LogP) is 5.28. The van der Waals surface area contributed by atoms with Crippen molar-refractivity contribution in [3.63, 3.8) is 0 Å². The van der Waals surface area contributed by atoms with E-state index in [2.05, 4.69) is 0 Å². The average molecular weight is 390 g/mol. The Balaban J connectivity index is 2.01. The molecule has 4 aromatic rings. The second-order valence-electron chi connectivity index (χ2n) is 6.62. The van der Waals surface area contributed by atoms with Crippen molar-refractivity contribution in [3.05, 3.63) is 66.2 Å². The zero-order valence-electron chi connectivity index (χ0n) is 16.6. The van der Waals surface area contributed by atoms with Gasteiger partial charge in [0.2, 0.25) is 0 Å². The Kier molecular flexibility index (Phi) is 5.14. The van der Waals surface area contributed by atoms with E-state index in [4.69, 9.17) is 18.6 Å². The van der Waals surface area contributed by atoms with E-state index < -0.39 is 0 Å². The Morgan fingerprint density at radius 2 is 1.38 bits per heavy atom. The van der Waals surface area contributed by atoms with Crippen molar-refractivity contribution in [2.75, 3.05) is 21.3 Å². The highest BCUT2D eigenvalue weighted by molar-refractivity contribution is 6.02. The summed E-state index contributed by atoms with van der Waals surface area (Å²) in [6.07, 6.45) is 0. The lowest BCUT2D eigenvalue weighted by Crippen LogP contribution is -1.90. The summed E-state index contributed by atoms with van der Waals surface area (Å²) in [7, 11) is 4.89. The number of benzene rings is 3. The molecule has 1 heterocycles. The van der Waals surface area contributed by atoms with Crippen LogP contribution in [-0.4, -0.2) is 26.4 Å². The van der Waals surface area contributed by atoms with Crippen molar-refractivity contribution in [2.45, 2.75) is 6.61 Å². The van der Waals surface area contributed by atoms with Crippen molar-refractivity contribution in [3.8, 4) is 39.7 Å². The highest BCUT2D eigenvalue weighted by Crippen LogP contribution is 2.43. The third-order valence-corrected chi connectivity index (χ3v) is 4.93. The van der Waals surface area contributed by atoms with E-state index in [1.807, 2.05) is 60.7 Å². The topological polar surface area (TPSA) is 61.1 Å². The van der Waals surface area contributed by atoms with Crippen LogP contribution in [0.3, 0.4) is 0 Å². The van der Waals surface area contributed by atoms with Crippen LogP contribution in [0.15, 0.2) is 65.1 Å². The van der Waals surface area contributed by atoms with Gasteiger partial charge in [-0.2, -0.15) is 0 Å². The summed E-state index contributed by atoms with van der Waals surface area (Å²) < 4.78 is 22.5. The summed E-state index contributed by atoms with van der Waals surface area (Å²) in [5.74, 6) is 2.88. The second kappa shape index (κ2) is 7.89. The molecule has 0 atom stereocenters. The molecule has 148 valence electrons. The fourth-order valence-corrected chi connectivity index (χ4v) is 3.43. The Hall–Kier alpha value is -3.44. The fraction of sp³-hybridized carbons (Fsp3) is 0.167. The molecule has 1 N–H and O–H groups in total. The van der Waals surface area contributed by atoms with E-state index in [9.17, 15) is 5.11 Å². The predicted molar refractivity (Wildman–Crippen MR) is 113 cm³/mol. The molecule has 4 rings (SSSR count). The number of aliphatic hydroxyl groups is 1. The van der Waals surface area contributed by atoms with Crippen molar-refractivity contribution in [2.24, 2.45) is 0 Å². The van der Waals surface area contributed by atoms with Crippen molar-refractivity contribution in [1.29, 1.82) is 0 Å². The van der Waals surface area contributed by atoms with Gasteiger partial charge >= 0.3 is 0 Å². The molecule has 5 nitrogen and oxygen atoms in total. The summed E-state index contributed by atoms with van der Waals surface area (Å²) >= 11 is 0. The first kappa shape index (κ1) is 18.9. The molecule has 0 bridgehead atoms. The number of methoxy groups -OCH3 is 3. The van der Waals surface area contributed by atoms with Gasteiger partial charge in [-0.25, -0.2) is 0 Å². The maximum Gasteiger partial charge on any atom is 0.143 e. The molecule has 3 aromatic carbocycles. The molecule has 5 heteroatoms. The molecule has 0 saturated heterocycles. The number of hydrogen-bond donors (Lipinski definition) is 1. The standard InChI is InChI=1S/C24H22O5/c1-26-18-7-5-16(6-8-18)24-23(17-11-19(27-2)13-20(12-17)28-3)21-10-15(14-25)4-9-22(21)29-24/h4-13,25H,14H2,1-3H3. The lowest BCUT2D eigenvalue weighted by molar-refractivity contribution is 0.282. The molecule has 1 aromatic heterocycles. The summed E-state index contributed by atoms with van der Waals surface area (Å²) in [5.41, 5.74) is 4.29. The highest BCUT2D eigenvalue weighted by Gasteiger charge is 2.19. The molecule has 0 spiro atoms. The molecule has 0 unspecified atom stereocenters. The fourth-order valence-electron chi connectivity index (χ4n) is 3.43. The van der Waals surface area contributed by atoms with Gasteiger partial charge < -0.3 is 23.7 Å². The van der Waals surface area contributed by atoms with Gasteiger partial charge in [0.25, 0.3) is 0 Å². The molecule has 0 aliphatic heterocycles. The number of ether oxygens (including phenoxy) is 3. The Morgan fingerprint density at radius 3 is 1.97 bits per heavy atom. The van der Waals surface area contributed by atoms with Crippen LogP contribution >= 0.6 is 0 Å². The van der Waals surface area contributed by atoms with Crippen LogP contribution < -0.4 is 14.2 Å². The number of hydrogen-bond acceptors (Lipinski definition) is 5. The zero-order valence-corrected chi connectivity index (χ0v) is 16.6. The van der Waals surface area contributed by atoms with Crippen molar-refractivity contribution < 1.29 is 23.7 Å². The molecule has 0 radical (unpaired) electrons. The molecule has 0 aliphatic carbocycles. The normalized spacial score (nSPS) is 10.9. The van der Waals surface area contributed by atoms with Gasteiger partial charge in [-0.1, -0.05) is 6.07 Å². The zero-order chi connectivity index (χ0) is 20.4. The van der Waals surface area contributed by atoms with E-state index in [-0.39, 0.29) is 6.61 Å². The summed E-state index contributed by atoms with van der Waals surface area (Å²) in [4.78, 5) is 0. The Bertz CT molecular complexity index is 1120. The van der Waals surface area contributed by atoms with Gasteiger partial charge in [-0.05, 0) is 59.7 Å². The summed E-state index contributed by atoms with van der Waals surface area (Å²) in [6, 6.07) is 19.2. The van der Waals surface area contributed by atoms with Gasteiger partial charge in [0.05, 0.1) is 27.9 Å². The minimum absolute atomic E-state index is 0.0418. The van der Waals surface area contributed by atoms with Gasteiger partial charge in [-0.3, -0.25) is 0 Å². The lowest BCUT2D eigenvalue weighted by atomic mass is 9.97. The van der Waals surface area contributed by atoms with Crippen LogP contribution in [0.5, 0.6) is 17.2 Å². The molecule has 0 amide bonds. The molecule has 0 saturated carbocycles. The van der Waals surface area contributed by atoms with Gasteiger partial charge in [0.15, 0.2) is 0 Å². The van der Waals surface area contributed by atoms with Crippen LogP contribution in [0.1, 0.15) is 5.56 Å². The largest absolute Gasteiger partial charge is 0.497 e. The van der Waals surface area contributed by atoms with E-state index in [0.717, 1.165) is 44.7 Å². The smallest absolute Gasteiger partial charge is 0.143 e. The number of fused-ring (bicyclic) bond motifs is 1. The maximum atomic E-state index is 9.62. The number of rotatable bonds is 6. The molecular formula is C24H22O5. The van der Waals surface area contributed by atoms with Crippen LogP contribution in [0.25, 0.3) is 33.4 Å². The van der Waals surface area contributed by atoms with Crippen LogP contribution in [0, 0.1) is 0 Å². The van der Waals surface area contributed by atoms with Gasteiger partial charge in [-0.15, -0.1) is 0 Å². The third kappa shape index (κ3) is 3.52. The third-order valence-electron chi connectivity index (χ3n) is 4.93. The minimum atomic E-state index is -0.0418.